The zero-order valence-corrected chi connectivity index (χ0v) is 14.3. The van der Waals surface area contributed by atoms with Crippen LogP contribution in [0.1, 0.15) is 23.5 Å². The van der Waals surface area contributed by atoms with Crippen molar-refractivity contribution in [2.24, 2.45) is 4.99 Å². The van der Waals surface area contributed by atoms with Crippen LogP contribution in [0.15, 0.2) is 45.4 Å². The van der Waals surface area contributed by atoms with Crippen LogP contribution in [0.25, 0.3) is 0 Å². The largest absolute Gasteiger partial charge is 0.341 e. The molecule has 0 saturated carbocycles. The zero-order valence-electron chi connectivity index (χ0n) is 11.9. The van der Waals surface area contributed by atoms with Gasteiger partial charge in [0, 0.05) is 32.8 Å². The number of rotatable bonds is 3. The molecule has 1 unspecified atom stereocenters. The van der Waals surface area contributed by atoms with Crippen molar-refractivity contribution in [1.29, 1.82) is 0 Å². The average Bonchev–Trinajstić information content (AvgIpc) is 3.00. The summed E-state index contributed by atoms with van der Waals surface area (Å²) in [5.41, 5.74) is 1.81. The number of thioether (sulfide) groups is 1. The second-order valence-corrected chi connectivity index (χ2v) is 6.85. The van der Waals surface area contributed by atoms with Gasteiger partial charge in [-0.05, 0) is 25.3 Å². The Labute approximate surface area is 141 Å². The summed E-state index contributed by atoms with van der Waals surface area (Å²) in [5.74, 6) is 0.369. The Kier molecular flexibility index (Phi) is 4.52. The fraction of sp³-hybridized carbons (Fsp3) is 0.200. The number of amidine groups is 1. The molecule has 1 aliphatic rings. The third-order valence-electron chi connectivity index (χ3n) is 3.29. The lowest BCUT2D eigenvalue weighted by Crippen LogP contribution is -2.29. The lowest BCUT2D eigenvalue weighted by Gasteiger charge is -2.26. The van der Waals surface area contributed by atoms with Crippen molar-refractivity contribution in [1.82, 2.24) is 10.3 Å². The zero-order chi connectivity index (χ0) is 15.7. The molecule has 1 aromatic carbocycles. The Balaban J connectivity index is 2.09. The molecule has 0 fully saturated rings. The number of aromatic nitrogens is 1. The minimum Gasteiger partial charge on any atom is -0.341 e. The molecule has 7 heteroatoms. The Morgan fingerprint density at radius 1 is 1.41 bits per heavy atom. The Morgan fingerprint density at radius 3 is 2.86 bits per heavy atom. The third kappa shape index (κ3) is 2.91. The number of halogens is 2. The normalized spacial score (nSPS) is 18.2. The van der Waals surface area contributed by atoms with E-state index in [1.165, 1.54) is 23.5 Å². The summed E-state index contributed by atoms with van der Waals surface area (Å²) in [6.45, 7) is 2.00. The van der Waals surface area contributed by atoms with Crippen LogP contribution in [0, 0.1) is 5.82 Å². The van der Waals surface area contributed by atoms with Crippen LogP contribution in [-0.4, -0.2) is 17.1 Å². The maximum Gasteiger partial charge on any atom is 0.163 e. The van der Waals surface area contributed by atoms with Crippen LogP contribution < -0.4 is 5.32 Å². The van der Waals surface area contributed by atoms with Gasteiger partial charge < -0.3 is 5.32 Å². The number of hydrogen-bond acceptors (Lipinski definition) is 5. The van der Waals surface area contributed by atoms with Crippen LogP contribution in [0.3, 0.4) is 0 Å². The highest BCUT2D eigenvalue weighted by Crippen LogP contribution is 2.40. The van der Waals surface area contributed by atoms with E-state index in [4.69, 9.17) is 16.6 Å². The maximum atomic E-state index is 13.3. The smallest absolute Gasteiger partial charge is 0.163 e. The highest BCUT2D eigenvalue weighted by atomic mass is 35.5. The molecular formula is C15H13ClFN3S2. The Morgan fingerprint density at radius 2 is 2.23 bits per heavy atom. The van der Waals surface area contributed by atoms with Gasteiger partial charge in [-0.3, -0.25) is 4.99 Å². The molecule has 2 aromatic rings. The molecule has 114 valence electrons. The minimum absolute atomic E-state index is 0.247. The standard InChI is InChI=1S/C15H13ClFN3S2/c1-8-13(21-2)12(10-4-3-9(17)7-11(10)16)20-14(19-8)15-18-5-6-22-15/h3-7,12H,1-2H3,(H,19,20). The van der Waals surface area contributed by atoms with Crippen molar-refractivity contribution in [3.05, 3.63) is 61.8 Å². The Hall–Kier alpha value is -1.37. The monoisotopic (exact) mass is 353 g/mol. The van der Waals surface area contributed by atoms with Crippen molar-refractivity contribution < 1.29 is 4.39 Å². The van der Waals surface area contributed by atoms with Crippen LogP contribution >= 0.6 is 34.7 Å². The van der Waals surface area contributed by atoms with E-state index in [2.05, 4.69) is 10.3 Å². The first kappa shape index (κ1) is 15.5. The first-order valence-electron chi connectivity index (χ1n) is 6.54. The van der Waals surface area contributed by atoms with Crippen molar-refractivity contribution in [3.8, 4) is 0 Å². The molecule has 0 bridgehead atoms. The molecule has 0 aliphatic carbocycles. The van der Waals surface area contributed by atoms with Crippen molar-refractivity contribution >= 4 is 40.5 Å². The SMILES string of the molecule is CSC1=C(C)NC(c2nccs2)=NC1c1ccc(F)cc1Cl. The molecule has 1 atom stereocenters. The summed E-state index contributed by atoms with van der Waals surface area (Å²) in [5, 5.41) is 6.40. The topological polar surface area (TPSA) is 37.3 Å². The average molecular weight is 354 g/mol. The predicted octanol–water partition coefficient (Wildman–Crippen LogP) is 4.62. The number of benzene rings is 1. The van der Waals surface area contributed by atoms with Gasteiger partial charge in [-0.2, -0.15) is 0 Å². The van der Waals surface area contributed by atoms with Crippen molar-refractivity contribution in [2.75, 3.05) is 6.26 Å². The Bertz CT molecular complexity index is 756. The van der Waals surface area contributed by atoms with E-state index in [9.17, 15) is 4.39 Å². The highest BCUT2D eigenvalue weighted by molar-refractivity contribution is 8.02. The summed E-state index contributed by atoms with van der Waals surface area (Å²) in [4.78, 5) is 10.1. The van der Waals surface area contributed by atoms with E-state index < -0.39 is 0 Å². The fourth-order valence-electron chi connectivity index (χ4n) is 2.31. The molecule has 1 N–H and O–H groups in total. The summed E-state index contributed by atoms with van der Waals surface area (Å²) in [6, 6.07) is 4.18. The van der Waals surface area contributed by atoms with E-state index in [1.807, 2.05) is 18.6 Å². The van der Waals surface area contributed by atoms with E-state index in [-0.39, 0.29) is 11.9 Å². The number of allylic oxidation sites excluding steroid dienone is 1. The van der Waals surface area contributed by atoms with Gasteiger partial charge in [-0.15, -0.1) is 23.1 Å². The molecule has 0 radical (unpaired) electrons. The molecule has 1 aliphatic heterocycles. The lowest BCUT2D eigenvalue weighted by molar-refractivity contribution is 0.626. The second kappa shape index (κ2) is 6.40. The van der Waals surface area contributed by atoms with E-state index in [0.29, 0.717) is 5.02 Å². The van der Waals surface area contributed by atoms with E-state index in [1.54, 1.807) is 24.0 Å². The fourth-order valence-corrected chi connectivity index (χ4v) is 3.93. The van der Waals surface area contributed by atoms with Gasteiger partial charge >= 0.3 is 0 Å². The maximum absolute atomic E-state index is 13.3. The number of nitrogens with zero attached hydrogens (tertiary/aromatic N) is 2. The van der Waals surface area contributed by atoms with Crippen LogP contribution in [0.5, 0.6) is 0 Å². The van der Waals surface area contributed by atoms with E-state index in [0.717, 1.165) is 27.0 Å². The summed E-state index contributed by atoms with van der Waals surface area (Å²) in [6.07, 6.45) is 3.74. The molecule has 0 saturated heterocycles. The first-order chi connectivity index (χ1) is 10.6. The molecule has 3 nitrogen and oxygen atoms in total. The van der Waals surface area contributed by atoms with Gasteiger partial charge in [0.25, 0.3) is 0 Å². The predicted molar refractivity (Wildman–Crippen MR) is 92.2 cm³/mol. The summed E-state index contributed by atoms with van der Waals surface area (Å²) in [7, 11) is 0. The minimum atomic E-state index is -0.349. The van der Waals surface area contributed by atoms with Crippen LogP contribution in [-0.2, 0) is 0 Å². The lowest BCUT2D eigenvalue weighted by atomic mass is 10.0. The molecular weight excluding hydrogens is 341 g/mol. The van der Waals surface area contributed by atoms with Crippen LogP contribution in [0.4, 0.5) is 4.39 Å². The number of aliphatic imine (C=N–C) groups is 1. The molecule has 1 aromatic heterocycles. The molecule has 2 heterocycles. The second-order valence-electron chi connectivity index (χ2n) is 4.70. The van der Waals surface area contributed by atoms with Crippen LogP contribution in [0.2, 0.25) is 5.02 Å². The van der Waals surface area contributed by atoms with Gasteiger partial charge in [0.15, 0.2) is 10.8 Å². The quantitative estimate of drug-likeness (QED) is 0.874. The first-order valence-corrected chi connectivity index (χ1v) is 9.02. The van der Waals surface area contributed by atoms with Gasteiger partial charge in [0.05, 0.1) is 0 Å². The van der Waals surface area contributed by atoms with Gasteiger partial charge in [-0.25, -0.2) is 9.37 Å². The number of thiazole rings is 1. The molecule has 0 spiro atoms. The molecule has 0 amide bonds. The summed E-state index contributed by atoms with van der Waals surface area (Å²) < 4.78 is 13.3. The van der Waals surface area contributed by atoms with E-state index >= 15 is 0 Å². The highest BCUT2D eigenvalue weighted by Gasteiger charge is 2.26. The number of hydrogen-bond donors (Lipinski definition) is 1. The van der Waals surface area contributed by atoms with Gasteiger partial charge in [-0.1, -0.05) is 17.7 Å². The summed E-state index contributed by atoms with van der Waals surface area (Å²) >= 11 is 9.36. The van der Waals surface area contributed by atoms with Gasteiger partial charge in [0.2, 0.25) is 0 Å². The van der Waals surface area contributed by atoms with Gasteiger partial charge in [0.1, 0.15) is 11.9 Å². The molecule has 22 heavy (non-hydrogen) atoms. The number of nitrogens with one attached hydrogen (secondary N) is 1. The molecule has 3 rings (SSSR count). The van der Waals surface area contributed by atoms with Crippen molar-refractivity contribution in [3.63, 3.8) is 0 Å². The third-order valence-corrected chi connectivity index (χ3v) is 5.37. The van der Waals surface area contributed by atoms with Crippen molar-refractivity contribution in [2.45, 2.75) is 13.0 Å².